The number of hydrazone groups is 1. The second kappa shape index (κ2) is 8.04. The Morgan fingerprint density at radius 2 is 1.38 bits per heavy atom. The van der Waals surface area contributed by atoms with E-state index in [0.29, 0.717) is 16.5 Å². The summed E-state index contributed by atoms with van der Waals surface area (Å²) in [5, 5.41) is 13.4. The smallest absolute Gasteiger partial charge is 0.201 e. The Morgan fingerprint density at radius 1 is 0.750 bits per heavy atom. The van der Waals surface area contributed by atoms with E-state index in [0.717, 1.165) is 11.3 Å². The Labute approximate surface area is 145 Å². The van der Waals surface area contributed by atoms with Crippen molar-refractivity contribution in [3.8, 4) is 0 Å². The number of anilines is 1. The lowest BCUT2D eigenvalue weighted by molar-refractivity contribution is 1.22. The van der Waals surface area contributed by atoms with Crippen LogP contribution in [0.15, 0.2) is 100 Å². The second-order valence-electron chi connectivity index (χ2n) is 4.93. The molecule has 3 aromatic carbocycles. The lowest BCUT2D eigenvalue weighted by Crippen LogP contribution is -2.00. The maximum atomic E-state index is 6.12. The average molecular weight is 335 g/mol. The number of rotatable bonds is 4. The number of nitrogens with one attached hydrogen (secondary N) is 1. The van der Waals surface area contributed by atoms with Crippen molar-refractivity contribution in [2.75, 3.05) is 5.43 Å². The van der Waals surface area contributed by atoms with Gasteiger partial charge in [-0.1, -0.05) is 72.3 Å². The third kappa shape index (κ3) is 4.27. The van der Waals surface area contributed by atoms with Gasteiger partial charge in [0.25, 0.3) is 0 Å². The van der Waals surface area contributed by atoms with Gasteiger partial charge in [0.1, 0.15) is 5.69 Å². The molecule has 0 saturated carbocycles. The first-order valence-corrected chi connectivity index (χ1v) is 7.81. The fourth-order valence-corrected chi connectivity index (χ4v) is 2.17. The minimum atomic E-state index is 0.472. The van der Waals surface area contributed by atoms with Crippen LogP contribution in [0.5, 0.6) is 0 Å². The summed E-state index contributed by atoms with van der Waals surface area (Å²) in [6.07, 6.45) is 0. The molecule has 0 fully saturated rings. The van der Waals surface area contributed by atoms with Crippen LogP contribution in [-0.4, -0.2) is 5.84 Å². The highest BCUT2D eigenvalue weighted by Gasteiger charge is 2.03. The summed E-state index contributed by atoms with van der Waals surface area (Å²) in [6.45, 7) is 0. The summed E-state index contributed by atoms with van der Waals surface area (Å²) in [6, 6.07) is 26.6. The van der Waals surface area contributed by atoms with Crippen molar-refractivity contribution in [1.29, 1.82) is 0 Å². The van der Waals surface area contributed by atoms with E-state index in [4.69, 9.17) is 11.6 Å². The van der Waals surface area contributed by atoms with Crippen LogP contribution in [0.25, 0.3) is 0 Å². The van der Waals surface area contributed by atoms with Gasteiger partial charge in [-0.25, -0.2) is 0 Å². The number of azo groups is 1. The molecule has 0 unspecified atom stereocenters. The zero-order chi connectivity index (χ0) is 16.6. The Hall–Kier alpha value is -2.98. The molecule has 24 heavy (non-hydrogen) atoms. The molecule has 3 rings (SSSR count). The van der Waals surface area contributed by atoms with E-state index in [-0.39, 0.29) is 0 Å². The van der Waals surface area contributed by atoms with E-state index in [2.05, 4.69) is 20.8 Å². The zero-order valence-corrected chi connectivity index (χ0v) is 13.6. The molecule has 118 valence electrons. The molecule has 0 aliphatic rings. The van der Waals surface area contributed by atoms with Gasteiger partial charge in [0.05, 0.1) is 10.7 Å². The first kappa shape index (κ1) is 15.9. The summed E-state index contributed by atoms with van der Waals surface area (Å²) in [4.78, 5) is 0. The quantitative estimate of drug-likeness (QED) is 0.274. The molecule has 3 aromatic rings. The van der Waals surface area contributed by atoms with Gasteiger partial charge in [0, 0.05) is 5.56 Å². The Kier molecular flexibility index (Phi) is 5.32. The summed E-state index contributed by atoms with van der Waals surface area (Å²) in [5.41, 5.74) is 5.33. The largest absolute Gasteiger partial charge is 0.276 e. The predicted octanol–water partition coefficient (Wildman–Crippen LogP) is 5.90. The molecule has 4 nitrogen and oxygen atoms in total. The van der Waals surface area contributed by atoms with Crippen molar-refractivity contribution in [3.05, 3.63) is 95.5 Å². The Morgan fingerprint density at radius 3 is 2.08 bits per heavy atom. The zero-order valence-electron chi connectivity index (χ0n) is 12.8. The Bertz CT molecular complexity index is 846. The molecule has 0 aliphatic heterocycles. The van der Waals surface area contributed by atoms with Gasteiger partial charge in [0.2, 0.25) is 5.84 Å². The molecule has 0 aliphatic carbocycles. The molecule has 0 spiro atoms. The van der Waals surface area contributed by atoms with Gasteiger partial charge in [0.15, 0.2) is 0 Å². The van der Waals surface area contributed by atoms with Crippen LogP contribution in [0.1, 0.15) is 5.56 Å². The van der Waals surface area contributed by atoms with Crippen LogP contribution < -0.4 is 5.43 Å². The minimum absolute atomic E-state index is 0.472. The van der Waals surface area contributed by atoms with Crippen molar-refractivity contribution in [3.63, 3.8) is 0 Å². The summed E-state index contributed by atoms with van der Waals surface area (Å²) >= 11 is 6.12. The maximum absolute atomic E-state index is 6.12. The van der Waals surface area contributed by atoms with E-state index in [1.165, 1.54) is 0 Å². The van der Waals surface area contributed by atoms with Crippen molar-refractivity contribution < 1.29 is 0 Å². The van der Waals surface area contributed by atoms with Gasteiger partial charge in [-0.15, -0.1) is 10.2 Å². The summed E-state index contributed by atoms with van der Waals surface area (Å²) < 4.78 is 0. The molecule has 0 bridgehead atoms. The van der Waals surface area contributed by atoms with E-state index in [1.54, 1.807) is 12.1 Å². The molecule has 0 saturated heterocycles. The molecular formula is C19H15ClN4. The molecular weight excluding hydrogens is 320 g/mol. The van der Waals surface area contributed by atoms with Gasteiger partial charge in [-0.05, 0) is 24.3 Å². The highest BCUT2D eigenvalue weighted by molar-refractivity contribution is 6.32. The number of para-hydroxylation sites is 1. The van der Waals surface area contributed by atoms with Crippen molar-refractivity contribution >= 4 is 28.8 Å². The van der Waals surface area contributed by atoms with Crippen LogP contribution >= 0.6 is 11.6 Å². The second-order valence-corrected chi connectivity index (χ2v) is 5.34. The topological polar surface area (TPSA) is 49.1 Å². The molecule has 0 aromatic heterocycles. The van der Waals surface area contributed by atoms with E-state index >= 15 is 0 Å². The van der Waals surface area contributed by atoms with Crippen LogP contribution in [0, 0.1) is 0 Å². The van der Waals surface area contributed by atoms with E-state index in [1.807, 2.05) is 72.8 Å². The normalized spacial score (nSPS) is 11.6. The molecule has 5 heteroatoms. The SMILES string of the molecule is Clc1ccccc1N=N/C(=N/Nc1ccccc1)c1ccccc1. The minimum Gasteiger partial charge on any atom is -0.276 e. The number of hydrogen-bond acceptors (Lipinski definition) is 3. The molecule has 1 N–H and O–H groups in total. The third-order valence-electron chi connectivity index (χ3n) is 3.20. The highest BCUT2D eigenvalue weighted by atomic mass is 35.5. The van der Waals surface area contributed by atoms with Gasteiger partial charge >= 0.3 is 0 Å². The van der Waals surface area contributed by atoms with Gasteiger partial charge < -0.3 is 0 Å². The monoisotopic (exact) mass is 334 g/mol. The standard InChI is InChI=1S/C19H15ClN4/c20-17-13-7-8-14-18(17)22-24-19(15-9-3-1-4-10-15)23-21-16-11-5-2-6-12-16/h1-14,21H/b23-19+,24-22?. The van der Waals surface area contributed by atoms with E-state index in [9.17, 15) is 0 Å². The molecule has 0 heterocycles. The average Bonchev–Trinajstić information content (AvgIpc) is 2.65. The summed E-state index contributed by atoms with van der Waals surface area (Å²) in [7, 11) is 0. The third-order valence-corrected chi connectivity index (χ3v) is 3.52. The van der Waals surface area contributed by atoms with Gasteiger partial charge in [-0.3, -0.25) is 5.43 Å². The Balaban J connectivity index is 1.89. The van der Waals surface area contributed by atoms with E-state index < -0.39 is 0 Å². The van der Waals surface area contributed by atoms with Gasteiger partial charge in [-0.2, -0.15) is 5.10 Å². The molecule has 0 amide bonds. The van der Waals surface area contributed by atoms with Crippen molar-refractivity contribution in [2.24, 2.45) is 15.3 Å². The first-order valence-electron chi connectivity index (χ1n) is 7.43. The number of halogens is 1. The maximum Gasteiger partial charge on any atom is 0.201 e. The lowest BCUT2D eigenvalue weighted by Gasteiger charge is -2.03. The predicted molar refractivity (Wildman–Crippen MR) is 99.0 cm³/mol. The highest BCUT2D eigenvalue weighted by Crippen LogP contribution is 2.24. The van der Waals surface area contributed by atoms with Crippen LogP contribution in [-0.2, 0) is 0 Å². The number of nitrogens with zero attached hydrogens (tertiary/aromatic N) is 3. The lowest BCUT2D eigenvalue weighted by atomic mass is 10.2. The van der Waals surface area contributed by atoms with Crippen molar-refractivity contribution in [2.45, 2.75) is 0 Å². The summed E-state index contributed by atoms with van der Waals surface area (Å²) in [5.74, 6) is 0.472. The first-order chi connectivity index (χ1) is 11.8. The van der Waals surface area contributed by atoms with Crippen LogP contribution in [0.4, 0.5) is 11.4 Å². The van der Waals surface area contributed by atoms with Crippen LogP contribution in [0.2, 0.25) is 5.02 Å². The fourth-order valence-electron chi connectivity index (χ4n) is 2.00. The molecule has 0 radical (unpaired) electrons. The van der Waals surface area contributed by atoms with Crippen molar-refractivity contribution in [1.82, 2.24) is 0 Å². The number of hydrogen-bond donors (Lipinski definition) is 1. The number of benzene rings is 3. The fraction of sp³-hybridized carbons (Fsp3) is 0. The molecule has 0 atom stereocenters. The van der Waals surface area contributed by atoms with Crippen LogP contribution in [0.3, 0.4) is 0 Å². The number of amidine groups is 1.